The Hall–Kier alpha value is -1.78. The molecule has 0 bridgehead atoms. The van der Waals surface area contributed by atoms with Gasteiger partial charge in [-0.15, -0.1) is 0 Å². The van der Waals surface area contributed by atoms with Gasteiger partial charge in [-0.25, -0.2) is 4.39 Å². The Bertz CT molecular complexity index is 586. The van der Waals surface area contributed by atoms with Crippen molar-refractivity contribution in [2.45, 2.75) is 13.0 Å². The molecule has 1 unspecified atom stereocenters. The van der Waals surface area contributed by atoms with Crippen molar-refractivity contribution in [1.82, 2.24) is 0 Å². The average Bonchev–Trinajstić information content (AvgIpc) is 2.43. The first-order valence-corrected chi connectivity index (χ1v) is 6.99. The highest BCUT2D eigenvalue weighted by atomic mass is 35.5. The molecule has 0 heterocycles. The second-order valence-corrected chi connectivity index (χ2v) is 5.20. The minimum atomic E-state index is -0.732. The summed E-state index contributed by atoms with van der Waals surface area (Å²) in [4.78, 5) is 0. The molecular formula is C16H17ClFNO2. The Morgan fingerprint density at radius 2 is 2.05 bits per heavy atom. The molecule has 112 valence electrons. The number of aliphatic hydroxyl groups is 1. The standard InChI is InChI=1S/C16H17ClFNO2/c1-11-6-12(18)8-13(7-11)19-9-14(20)10-21-16-5-3-2-4-15(16)17/h2-8,14,19-20H,9-10H2,1H3. The van der Waals surface area contributed by atoms with E-state index in [4.69, 9.17) is 16.3 Å². The number of benzene rings is 2. The normalized spacial score (nSPS) is 12.0. The third-order valence-electron chi connectivity index (χ3n) is 2.85. The van der Waals surface area contributed by atoms with E-state index in [0.717, 1.165) is 5.56 Å². The monoisotopic (exact) mass is 309 g/mol. The number of ether oxygens (including phenoxy) is 1. The highest BCUT2D eigenvalue weighted by molar-refractivity contribution is 6.32. The lowest BCUT2D eigenvalue weighted by Crippen LogP contribution is -2.26. The van der Waals surface area contributed by atoms with Crippen molar-refractivity contribution in [3.8, 4) is 5.75 Å². The van der Waals surface area contributed by atoms with E-state index in [1.807, 2.05) is 13.0 Å². The van der Waals surface area contributed by atoms with Crippen LogP contribution in [0.2, 0.25) is 5.02 Å². The minimum absolute atomic E-state index is 0.102. The molecule has 0 aliphatic heterocycles. The zero-order valence-electron chi connectivity index (χ0n) is 11.6. The number of rotatable bonds is 6. The maximum Gasteiger partial charge on any atom is 0.138 e. The zero-order chi connectivity index (χ0) is 15.2. The molecule has 2 aromatic rings. The summed E-state index contributed by atoms with van der Waals surface area (Å²) in [5.74, 6) is 0.221. The summed E-state index contributed by atoms with van der Waals surface area (Å²) >= 11 is 5.95. The van der Waals surface area contributed by atoms with E-state index in [-0.39, 0.29) is 19.0 Å². The number of para-hydroxylation sites is 1. The fraction of sp³-hybridized carbons (Fsp3) is 0.250. The van der Waals surface area contributed by atoms with Crippen LogP contribution in [0.3, 0.4) is 0 Å². The molecule has 0 saturated heterocycles. The van der Waals surface area contributed by atoms with E-state index in [0.29, 0.717) is 16.5 Å². The average molecular weight is 310 g/mol. The van der Waals surface area contributed by atoms with Crippen LogP contribution in [0.4, 0.5) is 10.1 Å². The molecule has 21 heavy (non-hydrogen) atoms. The first-order chi connectivity index (χ1) is 10.0. The summed E-state index contributed by atoms with van der Waals surface area (Å²) in [5.41, 5.74) is 1.45. The predicted molar refractivity (Wildman–Crippen MR) is 82.6 cm³/mol. The van der Waals surface area contributed by atoms with Crippen LogP contribution in [0, 0.1) is 12.7 Å². The summed E-state index contributed by atoms with van der Waals surface area (Å²) < 4.78 is 18.7. The van der Waals surface area contributed by atoms with Crippen LogP contribution in [-0.4, -0.2) is 24.4 Å². The summed E-state index contributed by atoms with van der Waals surface area (Å²) in [6.45, 7) is 2.17. The van der Waals surface area contributed by atoms with Crippen LogP contribution in [-0.2, 0) is 0 Å². The summed E-state index contributed by atoms with van der Waals surface area (Å²) in [6.07, 6.45) is -0.732. The van der Waals surface area contributed by atoms with E-state index in [2.05, 4.69) is 5.32 Å². The summed E-state index contributed by atoms with van der Waals surface area (Å²) in [5, 5.41) is 13.3. The maximum atomic E-state index is 13.2. The lowest BCUT2D eigenvalue weighted by molar-refractivity contribution is 0.117. The van der Waals surface area contributed by atoms with Crippen LogP contribution in [0.5, 0.6) is 5.75 Å². The first-order valence-electron chi connectivity index (χ1n) is 6.61. The lowest BCUT2D eigenvalue weighted by Gasteiger charge is -2.15. The maximum absolute atomic E-state index is 13.2. The number of nitrogens with one attached hydrogen (secondary N) is 1. The van der Waals surface area contributed by atoms with E-state index < -0.39 is 6.10 Å². The fourth-order valence-electron chi connectivity index (χ4n) is 1.88. The Morgan fingerprint density at radius 1 is 1.29 bits per heavy atom. The summed E-state index contributed by atoms with van der Waals surface area (Å²) in [7, 11) is 0. The van der Waals surface area contributed by atoms with Gasteiger partial charge >= 0.3 is 0 Å². The van der Waals surface area contributed by atoms with Crippen LogP contribution in [0.1, 0.15) is 5.56 Å². The van der Waals surface area contributed by atoms with Crippen molar-refractivity contribution < 1.29 is 14.2 Å². The van der Waals surface area contributed by atoms with Crippen LogP contribution in [0.25, 0.3) is 0 Å². The highest BCUT2D eigenvalue weighted by Gasteiger charge is 2.07. The third kappa shape index (κ3) is 4.92. The van der Waals surface area contributed by atoms with Gasteiger partial charge in [-0.2, -0.15) is 0 Å². The topological polar surface area (TPSA) is 41.5 Å². The minimum Gasteiger partial charge on any atom is -0.489 e. The molecule has 0 spiro atoms. The fourth-order valence-corrected chi connectivity index (χ4v) is 2.07. The highest BCUT2D eigenvalue weighted by Crippen LogP contribution is 2.23. The lowest BCUT2D eigenvalue weighted by atomic mass is 10.2. The van der Waals surface area contributed by atoms with Crippen molar-refractivity contribution >= 4 is 17.3 Å². The van der Waals surface area contributed by atoms with E-state index in [9.17, 15) is 9.50 Å². The van der Waals surface area contributed by atoms with Gasteiger partial charge in [0.2, 0.25) is 0 Å². The Labute approximate surface area is 128 Å². The van der Waals surface area contributed by atoms with Crippen LogP contribution >= 0.6 is 11.6 Å². The Balaban J connectivity index is 1.82. The number of aliphatic hydroxyl groups excluding tert-OH is 1. The molecular weight excluding hydrogens is 293 g/mol. The van der Waals surface area contributed by atoms with Crippen LogP contribution in [0.15, 0.2) is 42.5 Å². The van der Waals surface area contributed by atoms with Gasteiger partial charge in [0.15, 0.2) is 0 Å². The van der Waals surface area contributed by atoms with Gasteiger partial charge in [0.05, 0.1) is 5.02 Å². The quantitative estimate of drug-likeness (QED) is 0.856. The van der Waals surface area contributed by atoms with Crippen molar-refractivity contribution in [3.63, 3.8) is 0 Å². The van der Waals surface area contributed by atoms with Gasteiger partial charge in [-0.3, -0.25) is 0 Å². The van der Waals surface area contributed by atoms with Gasteiger partial charge in [-0.1, -0.05) is 23.7 Å². The number of aryl methyl sites for hydroxylation is 1. The predicted octanol–water partition coefficient (Wildman–Crippen LogP) is 3.64. The molecule has 2 N–H and O–H groups in total. The van der Waals surface area contributed by atoms with Gasteiger partial charge in [0.1, 0.15) is 24.3 Å². The molecule has 2 aromatic carbocycles. The van der Waals surface area contributed by atoms with Crippen molar-refractivity contribution in [2.75, 3.05) is 18.5 Å². The number of hydrogen-bond donors (Lipinski definition) is 2. The molecule has 0 fully saturated rings. The smallest absolute Gasteiger partial charge is 0.138 e. The van der Waals surface area contributed by atoms with E-state index >= 15 is 0 Å². The third-order valence-corrected chi connectivity index (χ3v) is 3.16. The second-order valence-electron chi connectivity index (χ2n) is 4.79. The number of halogens is 2. The molecule has 0 aliphatic carbocycles. The molecule has 5 heteroatoms. The van der Waals surface area contributed by atoms with E-state index in [1.54, 1.807) is 24.3 Å². The van der Waals surface area contributed by atoms with Gasteiger partial charge in [-0.05, 0) is 42.8 Å². The summed E-state index contributed by atoms with van der Waals surface area (Å²) in [6, 6.07) is 11.7. The van der Waals surface area contributed by atoms with E-state index in [1.165, 1.54) is 12.1 Å². The van der Waals surface area contributed by atoms with Gasteiger partial charge < -0.3 is 15.2 Å². The zero-order valence-corrected chi connectivity index (χ0v) is 12.4. The van der Waals surface area contributed by atoms with Crippen LogP contribution < -0.4 is 10.1 Å². The molecule has 1 atom stereocenters. The van der Waals surface area contributed by atoms with Crippen molar-refractivity contribution in [2.24, 2.45) is 0 Å². The van der Waals surface area contributed by atoms with Crippen molar-refractivity contribution in [3.05, 3.63) is 58.9 Å². The van der Waals surface area contributed by atoms with Gasteiger partial charge in [0, 0.05) is 12.2 Å². The Morgan fingerprint density at radius 3 is 2.76 bits per heavy atom. The largest absolute Gasteiger partial charge is 0.489 e. The van der Waals surface area contributed by atoms with Crippen molar-refractivity contribution in [1.29, 1.82) is 0 Å². The van der Waals surface area contributed by atoms with Gasteiger partial charge in [0.25, 0.3) is 0 Å². The Kier molecular flexibility index (Phi) is 5.42. The molecule has 0 amide bonds. The molecule has 3 nitrogen and oxygen atoms in total. The molecule has 0 aliphatic rings. The second kappa shape index (κ2) is 7.29. The first kappa shape index (κ1) is 15.6. The molecule has 2 rings (SSSR count). The molecule has 0 aromatic heterocycles. The number of hydrogen-bond acceptors (Lipinski definition) is 3. The SMILES string of the molecule is Cc1cc(F)cc(NCC(O)COc2ccccc2Cl)c1. The molecule has 0 radical (unpaired) electrons. The number of anilines is 1. The molecule has 0 saturated carbocycles.